The van der Waals surface area contributed by atoms with Gasteiger partial charge in [-0.2, -0.15) is 0 Å². The molecule has 23 heavy (non-hydrogen) atoms. The molecule has 0 bridgehead atoms. The van der Waals surface area contributed by atoms with E-state index in [1.165, 1.54) is 6.42 Å². The Morgan fingerprint density at radius 2 is 2.22 bits per heavy atom. The molecule has 0 spiro atoms. The molecule has 5 nitrogen and oxygen atoms in total. The highest BCUT2D eigenvalue weighted by Crippen LogP contribution is 2.16. The summed E-state index contributed by atoms with van der Waals surface area (Å²) in [4.78, 5) is 11.7. The monoisotopic (exact) mass is 320 g/mol. The highest BCUT2D eigenvalue weighted by atomic mass is 16.6. The first-order chi connectivity index (χ1) is 10.9. The molecule has 1 fully saturated rings. The van der Waals surface area contributed by atoms with Gasteiger partial charge in [0.05, 0.1) is 6.61 Å². The third-order valence-electron chi connectivity index (χ3n) is 3.61. The van der Waals surface area contributed by atoms with Crippen molar-refractivity contribution >= 4 is 11.8 Å². The quantitative estimate of drug-likeness (QED) is 0.871. The van der Waals surface area contributed by atoms with E-state index in [-0.39, 0.29) is 0 Å². The van der Waals surface area contributed by atoms with E-state index in [1.54, 1.807) is 0 Å². The Kier molecular flexibility index (Phi) is 6.28. The van der Waals surface area contributed by atoms with E-state index >= 15 is 0 Å². The molecule has 1 atom stereocenters. The summed E-state index contributed by atoms with van der Waals surface area (Å²) in [7, 11) is 0. The molecular weight excluding hydrogens is 292 g/mol. The maximum atomic E-state index is 11.7. The first kappa shape index (κ1) is 17.6. The molecule has 0 saturated carbocycles. The molecule has 1 aromatic carbocycles. The molecule has 5 heteroatoms. The largest absolute Gasteiger partial charge is 0.444 e. The fourth-order valence-corrected chi connectivity index (χ4v) is 2.51. The number of anilines is 1. The zero-order chi connectivity index (χ0) is 16.7. The molecule has 128 valence electrons. The molecule has 1 aromatic rings. The van der Waals surface area contributed by atoms with Crippen LogP contribution < -0.4 is 10.6 Å². The average molecular weight is 320 g/mol. The maximum Gasteiger partial charge on any atom is 0.407 e. The third kappa shape index (κ3) is 6.91. The molecule has 1 unspecified atom stereocenters. The molecule has 2 N–H and O–H groups in total. The molecule has 1 amide bonds. The van der Waals surface area contributed by atoms with Gasteiger partial charge in [0, 0.05) is 25.4 Å². The van der Waals surface area contributed by atoms with E-state index in [1.807, 2.05) is 39.0 Å². The zero-order valence-electron chi connectivity index (χ0n) is 14.4. The molecule has 0 aliphatic carbocycles. The van der Waals surface area contributed by atoms with Crippen molar-refractivity contribution in [1.29, 1.82) is 0 Å². The van der Waals surface area contributed by atoms with Crippen molar-refractivity contribution in [3.63, 3.8) is 0 Å². The number of carbonyl (C=O) groups excluding carboxylic acids is 1. The molecule has 2 rings (SSSR count). The van der Waals surface area contributed by atoms with Gasteiger partial charge in [0.15, 0.2) is 0 Å². The van der Waals surface area contributed by atoms with E-state index in [0.29, 0.717) is 12.5 Å². The lowest BCUT2D eigenvalue weighted by molar-refractivity contribution is 0.0523. The van der Waals surface area contributed by atoms with Crippen LogP contribution in [-0.2, 0) is 16.0 Å². The first-order valence-corrected chi connectivity index (χ1v) is 8.30. The second kappa shape index (κ2) is 8.20. The minimum absolute atomic E-state index is 0.393. The van der Waals surface area contributed by atoms with Crippen LogP contribution in [0.1, 0.15) is 39.2 Å². The smallest absolute Gasteiger partial charge is 0.407 e. The van der Waals surface area contributed by atoms with E-state index in [2.05, 4.69) is 16.7 Å². The van der Waals surface area contributed by atoms with Gasteiger partial charge in [-0.15, -0.1) is 0 Å². The predicted octanol–water partition coefficient (Wildman–Crippen LogP) is 3.55. The number of hydrogen-bond acceptors (Lipinski definition) is 4. The average Bonchev–Trinajstić information content (AvgIpc) is 2.51. The molecule has 1 saturated heterocycles. The Balaban J connectivity index is 1.78. The van der Waals surface area contributed by atoms with E-state index in [4.69, 9.17) is 9.47 Å². The van der Waals surface area contributed by atoms with Gasteiger partial charge in [-0.3, -0.25) is 0 Å². The van der Waals surface area contributed by atoms with Crippen LogP contribution in [0.3, 0.4) is 0 Å². The first-order valence-electron chi connectivity index (χ1n) is 8.30. The van der Waals surface area contributed by atoms with Crippen molar-refractivity contribution in [1.82, 2.24) is 5.32 Å². The van der Waals surface area contributed by atoms with Gasteiger partial charge in [-0.1, -0.05) is 12.1 Å². The molecule has 1 aliphatic rings. The fourth-order valence-electron chi connectivity index (χ4n) is 2.51. The highest BCUT2D eigenvalue weighted by molar-refractivity contribution is 5.67. The van der Waals surface area contributed by atoms with E-state index < -0.39 is 11.7 Å². The number of nitrogens with one attached hydrogen (secondary N) is 2. The van der Waals surface area contributed by atoms with Crippen LogP contribution in [0.2, 0.25) is 0 Å². The number of carbonyl (C=O) groups is 1. The lowest BCUT2D eigenvalue weighted by atomic mass is 10.0. The van der Waals surface area contributed by atoms with Crippen LogP contribution >= 0.6 is 0 Å². The minimum Gasteiger partial charge on any atom is -0.444 e. The van der Waals surface area contributed by atoms with E-state index in [0.717, 1.165) is 37.4 Å². The van der Waals surface area contributed by atoms with Gasteiger partial charge in [-0.05, 0) is 57.2 Å². The third-order valence-corrected chi connectivity index (χ3v) is 3.61. The molecule has 1 heterocycles. The van der Waals surface area contributed by atoms with Gasteiger partial charge in [-0.25, -0.2) is 4.79 Å². The molecule has 0 aromatic heterocycles. The summed E-state index contributed by atoms with van der Waals surface area (Å²) in [5, 5.41) is 6.24. The Morgan fingerprint density at radius 1 is 1.39 bits per heavy atom. The number of rotatable bonds is 5. The van der Waals surface area contributed by atoms with Gasteiger partial charge in [0.25, 0.3) is 0 Å². The standard InChI is InChI=1S/C18H28N2O3/c1-18(2,3)23-17(21)20-11-14-6-4-8-16(10-14)19-12-15-7-5-9-22-13-15/h4,6,8,10,15,19H,5,7,9,11-13H2,1-3H3,(H,20,21). The van der Waals surface area contributed by atoms with Crippen molar-refractivity contribution in [2.24, 2.45) is 5.92 Å². The normalized spacial score (nSPS) is 18.3. The van der Waals surface area contributed by atoms with Crippen molar-refractivity contribution in [2.45, 2.75) is 45.8 Å². The summed E-state index contributed by atoms with van der Waals surface area (Å²) < 4.78 is 10.7. The van der Waals surface area contributed by atoms with Crippen LogP contribution in [0.15, 0.2) is 24.3 Å². The van der Waals surface area contributed by atoms with E-state index in [9.17, 15) is 4.79 Å². The number of alkyl carbamates (subject to hydrolysis) is 1. The Bertz CT molecular complexity index is 505. The summed E-state index contributed by atoms with van der Waals surface area (Å²) in [5.74, 6) is 0.576. The van der Waals surface area contributed by atoms with Crippen molar-refractivity contribution in [3.05, 3.63) is 29.8 Å². The maximum absolute atomic E-state index is 11.7. The fraction of sp³-hybridized carbons (Fsp3) is 0.611. The lowest BCUT2D eigenvalue weighted by Crippen LogP contribution is -2.32. The number of benzene rings is 1. The van der Waals surface area contributed by atoms with Crippen LogP contribution in [0.4, 0.5) is 10.5 Å². The van der Waals surface area contributed by atoms with Crippen molar-refractivity contribution < 1.29 is 14.3 Å². The van der Waals surface area contributed by atoms with Crippen LogP contribution in [-0.4, -0.2) is 31.5 Å². The molecule has 1 aliphatic heterocycles. The van der Waals surface area contributed by atoms with Crippen molar-refractivity contribution in [3.8, 4) is 0 Å². The Morgan fingerprint density at radius 3 is 2.91 bits per heavy atom. The summed E-state index contributed by atoms with van der Waals surface area (Å²) in [6.45, 7) is 8.67. The summed E-state index contributed by atoms with van der Waals surface area (Å²) in [5.41, 5.74) is 1.63. The van der Waals surface area contributed by atoms with Gasteiger partial charge in [0.1, 0.15) is 5.60 Å². The summed E-state index contributed by atoms with van der Waals surface area (Å²) >= 11 is 0. The second-order valence-corrected chi connectivity index (χ2v) is 7.02. The number of hydrogen-bond donors (Lipinski definition) is 2. The van der Waals surface area contributed by atoms with Gasteiger partial charge in [0.2, 0.25) is 0 Å². The SMILES string of the molecule is CC(C)(C)OC(=O)NCc1cccc(NCC2CCCOC2)c1. The molecular formula is C18H28N2O3. The van der Waals surface area contributed by atoms with Gasteiger partial charge < -0.3 is 20.1 Å². The lowest BCUT2D eigenvalue weighted by Gasteiger charge is -2.23. The summed E-state index contributed by atoms with van der Waals surface area (Å²) in [6, 6.07) is 8.08. The minimum atomic E-state index is -0.477. The van der Waals surface area contributed by atoms with Crippen molar-refractivity contribution in [2.75, 3.05) is 25.1 Å². The Hall–Kier alpha value is -1.75. The predicted molar refractivity (Wildman–Crippen MR) is 91.5 cm³/mol. The number of ether oxygens (including phenoxy) is 2. The Labute approximate surface area is 138 Å². The number of amides is 1. The van der Waals surface area contributed by atoms with Crippen LogP contribution in [0, 0.1) is 5.92 Å². The van der Waals surface area contributed by atoms with Crippen LogP contribution in [0.25, 0.3) is 0 Å². The second-order valence-electron chi connectivity index (χ2n) is 7.02. The van der Waals surface area contributed by atoms with Gasteiger partial charge >= 0.3 is 6.09 Å². The zero-order valence-corrected chi connectivity index (χ0v) is 14.4. The highest BCUT2D eigenvalue weighted by Gasteiger charge is 2.16. The summed E-state index contributed by atoms with van der Waals surface area (Å²) in [6.07, 6.45) is 1.97. The topological polar surface area (TPSA) is 59.6 Å². The van der Waals surface area contributed by atoms with Crippen LogP contribution in [0.5, 0.6) is 0 Å². The molecule has 0 radical (unpaired) electrons.